The molecule has 0 radical (unpaired) electrons. The molecule has 0 unspecified atom stereocenters. The van der Waals surface area contributed by atoms with Crippen molar-refractivity contribution in [1.29, 1.82) is 0 Å². The van der Waals surface area contributed by atoms with E-state index in [-0.39, 0.29) is 36.2 Å². The van der Waals surface area contributed by atoms with Crippen LogP contribution in [0.3, 0.4) is 0 Å². The normalized spacial score (nSPS) is 18.1. The van der Waals surface area contributed by atoms with Crippen molar-refractivity contribution in [3.05, 3.63) is 95.1 Å². The first-order valence-electron chi connectivity index (χ1n) is 14.4. The molecule has 1 fully saturated rings. The Bertz CT molecular complexity index is 1360. The lowest BCUT2D eigenvalue weighted by molar-refractivity contribution is -0.245. The number of ether oxygens (including phenoxy) is 2. The number of carboxylic acids is 1. The first kappa shape index (κ1) is 32.2. The highest BCUT2D eigenvalue weighted by atomic mass is 32.2. The monoisotopic (exact) mass is 606 g/mol. The van der Waals surface area contributed by atoms with Crippen molar-refractivity contribution in [2.75, 3.05) is 17.6 Å². The number of rotatable bonds is 14. The van der Waals surface area contributed by atoms with Crippen molar-refractivity contribution in [2.24, 2.45) is 0 Å². The number of carboxylic acid groups (broad SMARTS) is 1. The Labute approximate surface area is 256 Å². The summed E-state index contributed by atoms with van der Waals surface area (Å²) in [4.78, 5) is 35.7. The van der Waals surface area contributed by atoms with E-state index < -0.39 is 12.3 Å². The fraction of sp³-hybridized carbons (Fsp3) is 0.364. The van der Waals surface area contributed by atoms with E-state index >= 15 is 0 Å². The third-order valence-electron chi connectivity index (χ3n) is 7.05. The second kappa shape index (κ2) is 16.2. The van der Waals surface area contributed by atoms with E-state index in [4.69, 9.17) is 9.47 Å². The average Bonchev–Trinajstić information content (AvgIpc) is 3.01. The lowest BCUT2D eigenvalue weighted by Crippen LogP contribution is -2.31. The minimum atomic E-state index is -0.959. The molecule has 3 aromatic carbocycles. The van der Waals surface area contributed by atoms with E-state index in [0.29, 0.717) is 30.8 Å². The highest BCUT2D eigenvalue weighted by Crippen LogP contribution is 2.40. The molecule has 0 aromatic heterocycles. The number of aliphatic hydroxyl groups is 1. The Hall–Kier alpha value is -3.70. The van der Waals surface area contributed by atoms with Crippen LogP contribution in [0.15, 0.2) is 77.7 Å². The van der Waals surface area contributed by atoms with Gasteiger partial charge in [0.2, 0.25) is 11.8 Å². The third-order valence-corrected chi connectivity index (χ3v) is 8.19. The highest BCUT2D eigenvalue weighted by molar-refractivity contribution is 7.99. The molecule has 0 spiro atoms. The number of hydrogen-bond donors (Lipinski definition) is 4. The molecule has 0 aliphatic carbocycles. The van der Waals surface area contributed by atoms with E-state index in [1.165, 1.54) is 6.92 Å². The molecular formula is C33H38N2O7S. The van der Waals surface area contributed by atoms with Gasteiger partial charge in [-0.2, -0.15) is 0 Å². The summed E-state index contributed by atoms with van der Waals surface area (Å²) in [5.41, 5.74) is 3.49. The molecule has 9 nitrogen and oxygen atoms in total. The van der Waals surface area contributed by atoms with E-state index in [0.717, 1.165) is 40.8 Å². The fourth-order valence-electron chi connectivity index (χ4n) is 4.74. The molecule has 0 bridgehead atoms. The van der Waals surface area contributed by atoms with Crippen LogP contribution in [0.5, 0.6) is 0 Å². The maximum absolute atomic E-state index is 12.6. The van der Waals surface area contributed by atoms with Crippen LogP contribution in [0.1, 0.15) is 78.5 Å². The Kier molecular flexibility index (Phi) is 12.2. The lowest BCUT2D eigenvalue weighted by atomic mass is 10.0. The molecule has 0 saturated carbocycles. The van der Waals surface area contributed by atoms with Crippen molar-refractivity contribution >= 4 is 35.2 Å². The number of nitrogens with one attached hydrogen (secondary N) is 2. The molecule has 3 aromatic rings. The molecule has 1 aliphatic rings. The summed E-state index contributed by atoms with van der Waals surface area (Å²) >= 11 is 1.59. The Morgan fingerprint density at radius 3 is 2.40 bits per heavy atom. The predicted octanol–water partition coefficient (Wildman–Crippen LogP) is 5.85. The van der Waals surface area contributed by atoms with Gasteiger partial charge in [0.1, 0.15) is 0 Å². The van der Waals surface area contributed by atoms with Crippen LogP contribution in [0.25, 0.3) is 0 Å². The summed E-state index contributed by atoms with van der Waals surface area (Å²) in [5, 5.41) is 24.4. The Morgan fingerprint density at radius 1 is 0.930 bits per heavy atom. The summed E-state index contributed by atoms with van der Waals surface area (Å²) in [5.74, 6) is -0.450. The van der Waals surface area contributed by atoms with E-state index in [1.807, 2.05) is 48.5 Å². The number of unbranched alkanes of at least 4 members (excludes halogenated alkanes) is 2. The molecule has 10 heteroatoms. The first-order chi connectivity index (χ1) is 20.8. The zero-order valence-electron chi connectivity index (χ0n) is 24.2. The predicted molar refractivity (Wildman–Crippen MR) is 165 cm³/mol. The number of thioether (sulfide) groups is 1. The van der Waals surface area contributed by atoms with Crippen LogP contribution in [-0.2, 0) is 25.7 Å². The molecule has 2 amide bonds. The smallest absolute Gasteiger partial charge is 0.335 e. The number of aliphatic hydroxyl groups excluding tert-OH is 1. The molecule has 228 valence electrons. The number of hydrogen-bond acceptors (Lipinski definition) is 7. The number of anilines is 1. The van der Waals surface area contributed by atoms with Gasteiger partial charge in [0, 0.05) is 48.2 Å². The number of aromatic carboxylic acids is 1. The van der Waals surface area contributed by atoms with Gasteiger partial charge >= 0.3 is 5.97 Å². The van der Waals surface area contributed by atoms with Gasteiger partial charge in [-0.25, -0.2) is 4.79 Å². The standard InChI is InChI=1S/C33H38N2O7S/c1-22(37)34-17-4-2-3-8-31(38)35-27-7-5-6-26(18-27)33-41-28(21-43-29-15-13-25(14-16-29)32(39)40)19-30(42-33)24-11-9-23(20-36)10-12-24/h5-7,9-16,18,28,30,33,36H,2-4,8,17,19-21H2,1H3,(H,34,37)(H,35,38)(H,39,40)/t28-,30+,33+/m0/s1. The first-order valence-corrected chi connectivity index (χ1v) is 15.4. The molecule has 4 rings (SSSR count). The van der Waals surface area contributed by atoms with Crippen molar-refractivity contribution in [2.45, 2.75) is 69.0 Å². The number of benzene rings is 3. The van der Waals surface area contributed by atoms with Crippen molar-refractivity contribution in [3.63, 3.8) is 0 Å². The quantitative estimate of drug-likeness (QED) is 0.133. The minimum absolute atomic E-state index is 0.0347. The second-order valence-electron chi connectivity index (χ2n) is 10.5. The molecular weight excluding hydrogens is 568 g/mol. The number of amides is 2. The minimum Gasteiger partial charge on any atom is -0.478 e. The molecule has 43 heavy (non-hydrogen) atoms. The van der Waals surface area contributed by atoms with Gasteiger partial charge in [0.15, 0.2) is 6.29 Å². The highest BCUT2D eigenvalue weighted by Gasteiger charge is 2.32. The fourth-order valence-corrected chi connectivity index (χ4v) is 5.67. The second-order valence-corrected chi connectivity index (χ2v) is 11.6. The Morgan fingerprint density at radius 2 is 1.70 bits per heavy atom. The van der Waals surface area contributed by atoms with Crippen LogP contribution in [0.4, 0.5) is 5.69 Å². The van der Waals surface area contributed by atoms with Crippen molar-refractivity contribution in [1.82, 2.24) is 5.32 Å². The van der Waals surface area contributed by atoms with Gasteiger partial charge < -0.3 is 30.3 Å². The SMILES string of the molecule is CC(=O)NCCCCCC(=O)Nc1cccc([C@@H]2O[C@H](CSc3ccc(C(=O)O)cc3)C[C@H](c3ccc(CO)cc3)O2)c1. The summed E-state index contributed by atoms with van der Waals surface area (Å²) in [6.07, 6.45) is 2.34. The molecule has 4 N–H and O–H groups in total. The van der Waals surface area contributed by atoms with E-state index in [2.05, 4.69) is 10.6 Å². The number of carbonyl (C=O) groups is 3. The van der Waals surface area contributed by atoms with Gasteiger partial charge in [0.25, 0.3) is 0 Å². The summed E-state index contributed by atoms with van der Waals surface area (Å²) < 4.78 is 12.8. The van der Waals surface area contributed by atoms with Gasteiger partial charge in [-0.3, -0.25) is 9.59 Å². The van der Waals surface area contributed by atoms with Crippen molar-refractivity contribution < 1.29 is 34.1 Å². The van der Waals surface area contributed by atoms with E-state index in [1.54, 1.807) is 36.0 Å². The summed E-state index contributed by atoms with van der Waals surface area (Å²) in [6, 6.07) is 21.9. The zero-order valence-corrected chi connectivity index (χ0v) is 25.0. The van der Waals surface area contributed by atoms with Gasteiger partial charge in [-0.05, 0) is 60.4 Å². The van der Waals surface area contributed by atoms with Crippen molar-refractivity contribution in [3.8, 4) is 0 Å². The summed E-state index contributed by atoms with van der Waals surface area (Å²) in [7, 11) is 0. The maximum Gasteiger partial charge on any atom is 0.335 e. The largest absolute Gasteiger partial charge is 0.478 e. The van der Waals surface area contributed by atoms with E-state index in [9.17, 15) is 24.6 Å². The van der Waals surface area contributed by atoms with Crippen LogP contribution >= 0.6 is 11.8 Å². The summed E-state index contributed by atoms with van der Waals surface area (Å²) in [6.45, 7) is 2.07. The van der Waals surface area contributed by atoms with Gasteiger partial charge in [0.05, 0.1) is 24.4 Å². The Balaban J connectivity index is 1.41. The average molecular weight is 607 g/mol. The molecule has 3 atom stereocenters. The molecule has 1 saturated heterocycles. The lowest BCUT2D eigenvalue weighted by Gasteiger charge is -2.36. The zero-order chi connectivity index (χ0) is 30.6. The van der Waals surface area contributed by atoms with Crippen LogP contribution < -0.4 is 10.6 Å². The van der Waals surface area contributed by atoms with Crippen LogP contribution in [0, 0.1) is 0 Å². The maximum atomic E-state index is 12.6. The van der Waals surface area contributed by atoms with Crippen LogP contribution in [-0.4, -0.2) is 46.4 Å². The third kappa shape index (κ3) is 10.2. The molecule has 1 heterocycles. The number of carbonyl (C=O) groups excluding carboxylic acids is 2. The molecule has 1 aliphatic heterocycles. The van der Waals surface area contributed by atoms with Gasteiger partial charge in [-0.15, -0.1) is 11.8 Å². The topological polar surface area (TPSA) is 134 Å². The van der Waals surface area contributed by atoms with Crippen LogP contribution in [0.2, 0.25) is 0 Å². The van der Waals surface area contributed by atoms with Gasteiger partial charge in [-0.1, -0.05) is 42.8 Å².